The van der Waals surface area contributed by atoms with E-state index in [1.165, 1.54) is 19.2 Å². The molecule has 0 saturated carbocycles. The quantitative estimate of drug-likeness (QED) is 0.847. The Morgan fingerprint density at radius 1 is 1.17 bits per heavy atom. The Morgan fingerprint density at radius 3 is 2.62 bits per heavy atom. The molecule has 1 N–H and O–H groups in total. The summed E-state index contributed by atoms with van der Waals surface area (Å²) in [5.41, 5.74) is 1.35. The van der Waals surface area contributed by atoms with Gasteiger partial charge in [0.25, 0.3) is 0 Å². The van der Waals surface area contributed by atoms with E-state index in [-0.39, 0.29) is 18.3 Å². The van der Waals surface area contributed by atoms with Gasteiger partial charge in [-0.3, -0.25) is 9.69 Å². The zero-order chi connectivity index (χ0) is 17.5. The number of likely N-dealkylation sites (N-methyl/N-ethyl adjacent to an activating group) is 1. The predicted octanol–water partition coefficient (Wildman–Crippen LogP) is 2.91. The van der Waals surface area contributed by atoms with Crippen molar-refractivity contribution in [2.45, 2.75) is 6.54 Å². The molecule has 0 atom stereocenters. The maximum atomic E-state index is 13.2. The Bertz CT molecular complexity index is 706. The number of anilines is 1. The van der Waals surface area contributed by atoms with Gasteiger partial charge in [0.05, 0.1) is 26.5 Å². The number of rotatable bonds is 7. The molecule has 0 aromatic heterocycles. The van der Waals surface area contributed by atoms with Gasteiger partial charge in [0.1, 0.15) is 17.3 Å². The molecule has 0 spiro atoms. The van der Waals surface area contributed by atoms with E-state index in [0.29, 0.717) is 23.7 Å². The Morgan fingerprint density at radius 2 is 1.96 bits per heavy atom. The molecule has 0 unspecified atom stereocenters. The van der Waals surface area contributed by atoms with E-state index in [9.17, 15) is 9.18 Å². The summed E-state index contributed by atoms with van der Waals surface area (Å²) in [7, 11) is 4.89. The molecule has 0 aliphatic rings. The molecule has 6 heteroatoms. The lowest BCUT2D eigenvalue weighted by Gasteiger charge is -2.17. The third-order valence-electron chi connectivity index (χ3n) is 3.44. The fraction of sp³-hybridized carbons (Fsp3) is 0.278. The van der Waals surface area contributed by atoms with E-state index in [1.54, 1.807) is 43.3 Å². The lowest BCUT2D eigenvalue weighted by molar-refractivity contribution is -0.117. The summed E-state index contributed by atoms with van der Waals surface area (Å²) in [6.45, 7) is 0.636. The van der Waals surface area contributed by atoms with Crippen LogP contribution >= 0.6 is 0 Å². The van der Waals surface area contributed by atoms with Crippen LogP contribution < -0.4 is 14.8 Å². The molecular weight excluding hydrogens is 311 g/mol. The second-order valence-electron chi connectivity index (χ2n) is 5.42. The van der Waals surface area contributed by atoms with Gasteiger partial charge in [0, 0.05) is 12.6 Å². The summed E-state index contributed by atoms with van der Waals surface area (Å²) in [5, 5.41) is 2.80. The van der Waals surface area contributed by atoms with Gasteiger partial charge in [-0.05, 0) is 36.9 Å². The normalized spacial score (nSPS) is 10.5. The molecule has 0 radical (unpaired) electrons. The van der Waals surface area contributed by atoms with Gasteiger partial charge < -0.3 is 14.8 Å². The molecule has 128 valence electrons. The fourth-order valence-corrected chi connectivity index (χ4v) is 2.35. The molecular formula is C18H21FN2O3. The number of methoxy groups -OCH3 is 2. The van der Waals surface area contributed by atoms with E-state index in [4.69, 9.17) is 9.47 Å². The van der Waals surface area contributed by atoms with Crippen molar-refractivity contribution in [3.8, 4) is 11.5 Å². The first-order chi connectivity index (χ1) is 11.5. The van der Waals surface area contributed by atoms with E-state index >= 15 is 0 Å². The molecule has 5 nitrogen and oxygen atoms in total. The number of hydrogen-bond donors (Lipinski definition) is 1. The Labute approximate surface area is 141 Å². The fourth-order valence-electron chi connectivity index (χ4n) is 2.35. The van der Waals surface area contributed by atoms with Gasteiger partial charge in [-0.2, -0.15) is 0 Å². The molecule has 2 rings (SSSR count). The maximum absolute atomic E-state index is 13.2. The van der Waals surface area contributed by atoms with Crippen LogP contribution in [0.2, 0.25) is 0 Å². The number of carbonyl (C=O) groups is 1. The average Bonchev–Trinajstić information content (AvgIpc) is 2.54. The number of benzene rings is 2. The van der Waals surface area contributed by atoms with Crippen LogP contribution in [0.1, 0.15) is 5.56 Å². The summed E-state index contributed by atoms with van der Waals surface area (Å²) in [4.78, 5) is 14.0. The number of ether oxygens (including phenoxy) is 2. The van der Waals surface area contributed by atoms with Crippen molar-refractivity contribution >= 4 is 11.6 Å². The molecule has 0 heterocycles. The molecule has 0 bridgehead atoms. The van der Waals surface area contributed by atoms with Crippen LogP contribution in [-0.4, -0.2) is 38.6 Å². The lowest BCUT2D eigenvalue weighted by Crippen LogP contribution is -2.30. The third kappa shape index (κ3) is 4.96. The highest BCUT2D eigenvalue weighted by molar-refractivity contribution is 5.93. The number of nitrogens with zero attached hydrogens (tertiary/aromatic N) is 1. The van der Waals surface area contributed by atoms with E-state index in [1.807, 2.05) is 6.07 Å². The van der Waals surface area contributed by atoms with Crippen LogP contribution in [0.5, 0.6) is 11.5 Å². The Balaban J connectivity index is 1.97. The number of carbonyl (C=O) groups excluding carboxylic acids is 1. The molecule has 0 aliphatic carbocycles. The van der Waals surface area contributed by atoms with Gasteiger partial charge >= 0.3 is 0 Å². The van der Waals surface area contributed by atoms with Crippen molar-refractivity contribution in [2.75, 3.05) is 33.1 Å². The van der Waals surface area contributed by atoms with Crippen LogP contribution in [0.3, 0.4) is 0 Å². The average molecular weight is 332 g/mol. The molecule has 2 aromatic rings. The van der Waals surface area contributed by atoms with Gasteiger partial charge in [0.2, 0.25) is 5.91 Å². The van der Waals surface area contributed by atoms with Gasteiger partial charge in [-0.1, -0.05) is 12.1 Å². The van der Waals surface area contributed by atoms with Crippen molar-refractivity contribution in [1.29, 1.82) is 0 Å². The largest absolute Gasteiger partial charge is 0.497 e. The second kappa shape index (κ2) is 8.31. The summed E-state index contributed by atoms with van der Waals surface area (Å²) < 4.78 is 23.6. The summed E-state index contributed by atoms with van der Waals surface area (Å²) in [6.07, 6.45) is 0. The topological polar surface area (TPSA) is 50.8 Å². The second-order valence-corrected chi connectivity index (χ2v) is 5.42. The van der Waals surface area contributed by atoms with Crippen molar-refractivity contribution in [1.82, 2.24) is 4.90 Å². The summed E-state index contributed by atoms with van der Waals surface area (Å²) in [6, 6.07) is 11.5. The van der Waals surface area contributed by atoms with Gasteiger partial charge in [0.15, 0.2) is 0 Å². The van der Waals surface area contributed by atoms with Crippen LogP contribution in [0, 0.1) is 5.82 Å². The van der Waals surface area contributed by atoms with Crippen molar-refractivity contribution in [2.24, 2.45) is 0 Å². The van der Waals surface area contributed by atoms with Gasteiger partial charge in [-0.25, -0.2) is 4.39 Å². The van der Waals surface area contributed by atoms with Crippen LogP contribution in [0.4, 0.5) is 10.1 Å². The van der Waals surface area contributed by atoms with Crippen LogP contribution in [0.25, 0.3) is 0 Å². The molecule has 0 aliphatic heterocycles. The Hall–Kier alpha value is -2.60. The number of halogens is 1. The number of nitrogens with one attached hydrogen (secondary N) is 1. The SMILES string of the molecule is COc1ccc(OC)c(NC(=O)CN(C)Cc2cccc(F)c2)c1. The molecule has 2 aromatic carbocycles. The number of amides is 1. The maximum Gasteiger partial charge on any atom is 0.238 e. The van der Waals surface area contributed by atoms with Gasteiger partial charge in [-0.15, -0.1) is 0 Å². The standard InChI is InChI=1S/C18H21FN2O3/c1-21(11-13-5-4-6-14(19)9-13)12-18(22)20-16-10-15(23-2)7-8-17(16)24-3/h4-10H,11-12H2,1-3H3,(H,20,22). The highest BCUT2D eigenvalue weighted by Gasteiger charge is 2.11. The van der Waals surface area contributed by atoms with Crippen LogP contribution in [0.15, 0.2) is 42.5 Å². The van der Waals surface area contributed by atoms with E-state index in [0.717, 1.165) is 5.56 Å². The summed E-state index contributed by atoms with van der Waals surface area (Å²) in [5.74, 6) is 0.697. The predicted molar refractivity (Wildman–Crippen MR) is 90.9 cm³/mol. The zero-order valence-corrected chi connectivity index (χ0v) is 14.0. The monoisotopic (exact) mass is 332 g/mol. The first-order valence-electron chi connectivity index (χ1n) is 7.46. The summed E-state index contributed by atoms with van der Waals surface area (Å²) >= 11 is 0. The molecule has 24 heavy (non-hydrogen) atoms. The zero-order valence-electron chi connectivity index (χ0n) is 14.0. The van der Waals surface area contributed by atoms with Crippen molar-refractivity contribution in [3.63, 3.8) is 0 Å². The van der Waals surface area contributed by atoms with E-state index < -0.39 is 0 Å². The van der Waals surface area contributed by atoms with Crippen LogP contribution in [-0.2, 0) is 11.3 Å². The molecule has 0 fully saturated rings. The first kappa shape index (κ1) is 17.7. The lowest BCUT2D eigenvalue weighted by atomic mass is 10.2. The number of hydrogen-bond acceptors (Lipinski definition) is 4. The Kier molecular flexibility index (Phi) is 6.14. The third-order valence-corrected chi connectivity index (χ3v) is 3.44. The minimum absolute atomic E-state index is 0.164. The van der Waals surface area contributed by atoms with Crippen molar-refractivity contribution < 1.29 is 18.7 Å². The van der Waals surface area contributed by atoms with Crippen molar-refractivity contribution in [3.05, 3.63) is 53.8 Å². The minimum Gasteiger partial charge on any atom is -0.497 e. The molecule has 0 saturated heterocycles. The highest BCUT2D eigenvalue weighted by Crippen LogP contribution is 2.28. The first-order valence-corrected chi connectivity index (χ1v) is 7.46. The minimum atomic E-state index is -0.286. The highest BCUT2D eigenvalue weighted by atomic mass is 19.1. The molecule has 1 amide bonds. The smallest absolute Gasteiger partial charge is 0.238 e. The van der Waals surface area contributed by atoms with E-state index in [2.05, 4.69) is 5.32 Å².